The predicted octanol–water partition coefficient (Wildman–Crippen LogP) is 5.54. The minimum Gasteiger partial charge on any atom is -0.783 e. The zero-order valence-electron chi connectivity index (χ0n) is 22.0. The number of hydroxylamine groups is 2. The largest absolute Gasteiger partial charge is 0.783 e. The Morgan fingerprint density at radius 3 is 2.41 bits per heavy atom. The van der Waals surface area contributed by atoms with Gasteiger partial charge in [-0.05, 0) is 65.4 Å². The van der Waals surface area contributed by atoms with Crippen molar-refractivity contribution < 1.29 is 14.3 Å². The summed E-state index contributed by atoms with van der Waals surface area (Å²) >= 11 is 0. The van der Waals surface area contributed by atoms with E-state index in [-0.39, 0.29) is 6.67 Å². The molecule has 1 heterocycles. The SMILES string of the molecule is COc1ccccc1-c1cc2c(cc1OC)C(CCc1ccccc1)(c1cccc(C(N)=O)c1)N([O-])CN=C2. The molecule has 7 heteroatoms. The van der Waals surface area contributed by atoms with E-state index in [9.17, 15) is 10.0 Å². The molecule has 1 amide bonds. The molecule has 5 rings (SSSR count). The van der Waals surface area contributed by atoms with Gasteiger partial charge in [0, 0.05) is 22.9 Å². The molecule has 39 heavy (non-hydrogen) atoms. The lowest BCUT2D eigenvalue weighted by atomic mass is 9.75. The van der Waals surface area contributed by atoms with E-state index in [0.717, 1.165) is 32.9 Å². The first-order valence-corrected chi connectivity index (χ1v) is 12.7. The van der Waals surface area contributed by atoms with Gasteiger partial charge in [0.05, 0.1) is 26.4 Å². The summed E-state index contributed by atoms with van der Waals surface area (Å²) in [5.74, 6) is 0.745. The molecule has 7 nitrogen and oxygen atoms in total. The number of carbonyl (C=O) groups excluding carboxylic acids is 1. The summed E-state index contributed by atoms with van der Waals surface area (Å²) in [5, 5.41) is 15.1. The van der Waals surface area contributed by atoms with Gasteiger partial charge in [-0.3, -0.25) is 9.79 Å². The van der Waals surface area contributed by atoms with E-state index >= 15 is 0 Å². The molecule has 0 saturated carbocycles. The Hall–Kier alpha value is -4.46. The number of hydrogen-bond donors (Lipinski definition) is 1. The van der Waals surface area contributed by atoms with Crippen LogP contribution in [0.3, 0.4) is 0 Å². The number of nitrogens with zero attached hydrogens (tertiary/aromatic N) is 2. The number of nitrogens with two attached hydrogens (primary N) is 1. The van der Waals surface area contributed by atoms with Gasteiger partial charge in [0.25, 0.3) is 0 Å². The van der Waals surface area contributed by atoms with Crippen molar-refractivity contribution in [1.82, 2.24) is 5.06 Å². The van der Waals surface area contributed by atoms with E-state index in [1.54, 1.807) is 38.6 Å². The van der Waals surface area contributed by atoms with Crippen molar-refractivity contribution in [3.8, 4) is 22.6 Å². The van der Waals surface area contributed by atoms with Crippen molar-refractivity contribution in [3.05, 3.63) is 124 Å². The third-order valence-electron chi connectivity index (χ3n) is 7.32. The monoisotopic (exact) mass is 520 g/mol. The average Bonchev–Trinajstić information content (AvgIpc) is 3.11. The van der Waals surface area contributed by atoms with Gasteiger partial charge in [0.15, 0.2) is 0 Å². The highest BCUT2D eigenvalue weighted by molar-refractivity contribution is 5.93. The zero-order chi connectivity index (χ0) is 27.4. The third kappa shape index (κ3) is 4.90. The maximum atomic E-state index is 14.1. The molecule has 1 atom stereocenters. The number of rotatable bonds is 8. The van der Waals surface area contributed by atoms with Crippen LogP contribution in [0.25, 0.3) is 11.1 Å². The first kappa shape index (κ1) is 26.2. The fourth-order valence-electron chi connectivity index (χ4n) is 5.38. The fourth-order valence-corrected chi connectivity index (χ4v) is 5.38. The zero-order valence-corrected chi connectivity index (χ0v) is 22.0. The number of fused-ring (bicyclic) bond motifs is 1. The van der Waals surface area contributed by atoms with Gasteiger partial charge in [0.2, 0.25) is 5.91 Å². The van der Waals surface area contributed by atoms with Crippen LogP contribution in [0.2, 0.25) is 0 Å². The Kier molecular flexibility index (Phi) is 7.45. The molecular weight excluding hydrogens is 490 g/mol. The molecule has 0 saturated heterocycles. The molecular formula is C32H30N3O4-. The Labute approximate surface area is 228 Å². The maximum Gasteiger partial charge on any atom is 0.248 e. The molecule has 0 aliphatic carbocycles. The maximum absolute atomic E-state index is 14.1. The third-order valence-corrected chi connectivity index (χ3v) is 7.32. The number of ether oxygens (including phenoxy) is 2. The summed E-state index contributed by atoms with van der Waals surface area (Å²) < 4.78 is 11.5. The van der Waals surface area contributed by atoms with E-state index in [4.69, 9.17) is 15.2 Å². The van der Waals surface area contributed by atoms with Crippen LogP contribution in [0.5, 0.6) is 11.5 Å². The highest BCUT2D eigenvalue weighted by atomic mass is 16.5. The molecule has 4 aromatic rings. The van der Waals surface area contributed by atoms with Gasteiger partial charge in [-0.25, -0.2) is 0 Å². The Morgan fingerprint density at radius 2 is 1.67 bits per heavy atom. The van der Waals surface area contributed by atoms with E-state index in [0.29, 0.717) is 35.5 Å². The summed E-state index contributed by atoms with van der Waals surface area (Å²) in [6.45, 7) is -0.0728. The molecule has 4 aromatic carbocycles. The van der Waals surface area contributed by atoms with E-state index in [1.165, 1.54) is 0 Å². The fraction of sp³-hybridized carbons (Fsp3) is 0.188. The lowest BCUT2D eigenvalue weighted by Crippen LogP contribution is -2.44. The van der Waals surface area contributed by atoms with Crippen LogP contribution < -0.4 is 15.2 Å². The second-order valence-corrected chi connectivity index (χ2v) is 9.46. The normalized spacial score (nSPS) is 16.8. The Morgan fingerprint density at radius 1 is 0.923 bits per heavy atom. The highest BCUT2D eigenvalue weighted by Crippen LogP contribution is 2.47. The van der Waals surface area contributed by atoms with E-state index in [2.05, 4.69) is 4.99 Å². The quantitative estimate of drug-likeness (QED) is 0.329. The Balaban J connectivity index is 1.77. The van der Waals surface area contributed by atoms with Crippen molar-refractivity contribution in [3.63, 3.8) is 0 Å². The molecule has 198 valence electrons. The predicted molar refractivity (Wildman–Crippen MR) is 153 cm³/mol. The van der Waals surface area contributed by atoms with Crippen molar-refractivity contribution in [2.45, 2.75) is 18.4 Å². The van der Waals surface area contributed by atoms with Crippen molar-refractivity contribution in [2.75, 3.05) is 20.9 Å². The summed E-state index contributed by atoms with van der Waals surface area (Å²) in [7, 11) is 3.24. The highest BCUT2D eigenvalue weighted by Gasteiger charge is 2.39. The number of hydrogen-bond acceptors (Lipinski definition) is 6. The van der Waals surface area contributed by atoms with Crippen LogP contribution in [-0.2, 0) is 12.0 Å². The minimum atomic E-state index is -1.17. The minimum absolute atomic E-state index is 0.0728. The topological polar surface area (TPSA) is 100 Å². The molecule has 2 N–H and O–H groups in total. The number of carbonyl (C=O) groups is 1. The summed E-state index contributed by atoms with van der Waals surface area (Å²) in [6, 6.07) is 28.7. The van der Waals surface area contributed by atoms with Gasteiger partial charge in [0.1, 0.15) is 11.5 Å². The van der Waals surface area contributed by atoms with Crippen molar-refractivity contribution >= 4 is 12.1 Å². The summed E-state index contributed by atoms with van der Waals surface area (Å²) in [6.07, 6.45) is 2.80. The van der Waals surface area contributed by atoms with Crippen LogP contribution >= 0.6 is 0 Å². The molecule has 0 aromatic heterocycles. The molecule has 0 radical (unpaired) electrons. The van der Waals surface area contributed by atoms with Gasteiger partial charge in [-0.1, -0.05) is 60.7 Å². The molecule has 1 unspecified atom stereocenters. The molecule has 1 aliphatic rings. The standard InChI is InChI=1S/C32H30N3O4/c1-38-29-14-7-6-13-26(29)27-18-24-20-34-21-35(37)32(28(24)19-30(27)39-2,16-15-22-9-4-3-5-10-22)25-12-8-11-23(17-25)31(33)36/h3-14,17-20H,15-16,21H2,1-2H3,(H2,33,36)/q-1. The number of aliphatic imine (C=N–C) groups is 1. The number of amides is 1. The van der Waals surface area contributed by atoms with Crippen LogP contribution in [0.4, 0.5) is 0 Å². The van der Waals surface area contributed by atoms with Gasteiger partial charge < -0.3 is 25.5 Å². The molecule has 1 aliphatic heterocycles. The van der Waals surface area contributed by atoms with Crippen LogP contribution in [0.15, 0.2) is 96.0 Å². The number of primary amides is 1. The lowest BCUT2D eigenvalue weighted by molar-refractivity contribution is 0.0999. The number of para-hydroxylation sites is 1. The van der Waals surface area contributed by atoms with E-state index < -0.39 is 11.4 Å². The van der Waals surface area contributed by atoms with Gasteiger partial charge >= 0.3 is 0 Å². The summed E-state index contributed by atoms with van der Waals surface area (Å²) in [5.41, 5.74) is 9.80. The van der Waals surface area contributed by atoms with Crippen LogP contribution in [0.1, 0.15) is 39.0 Å². The van der Waals surface area contributed by atoms with Crippen LogP contribution in [-0.4, -0.2) is 38.1 Å². The lowest BCUT2D eigenvalue weighted by Gasteiger charge is -2.49. The first-order chi connectivity index (χ1) is 19.0. The first-order valence-electron chi connectivity index (χ1n) is 12.7. The Bertz CT molecular complexity index is 1520. The number of aryl methyl sites for hydroxylation is 1. The van der Waals surface area contributed by atoms with Gasteiger partial charge in [-0.2, -0.15) is 0 Å². The summed E-state index contributed by atoms with van der Waals surface area (Å²) in [4.78, 5) is 16.6. The van der Waals surface area contributed by atoms with Crippen molar-refractivity contribution in [1.29, 1.82) is 0 Å². The van der Waals surface area contributed by atoms with Crippen LogP contribution in [0, 0.1) is 5.21 Å². The molecule has 0 fully saturated rings. The van der Waals surface area contributed by atoms with E-state index in [1.807, 2.05) is 72.8 Å². The number of methoxy groups -OCH3 is 2. The average molecular weight is 521 g/mol. The molecule has 0 spiro atoms. The molecule has 0 bridgehead atoms. The second-order valence-electron chi connectivity index (χ2n) is 9.46. The van der Waals surface area contributed by atoms with Crippen molar-refractivity contribution in [2.24, 2.45) is 10.7 Å². The smallest absolute Gasteiger partial charge is 0.248 e. The van der Waals surface area contributed by atoms with Gasteiger partial charge in [-0.15, -0.1) is 0 Å². The number of benzene rings is 4. The second kappa shape index (κ2) is 11.1.